The maximum Gasteiger partial charge on any atom is 0.0197 e. The third kappa shape index (κ3) is 4.55. The minimum Gasteiger partial charge on any atom is -0.311 e. The van der Waals surface area contributed by atoms with Crippen molar-refractivity contribution in [1.29, 1.82) is 0 Å². The summed E-state index contributed by atoms with van der Waals surface area (Å²) in [5.74, 6) is 1.95. The summed E-state index contributed by atoms with van der Waals surface area (Å²) in [4.78, 5) is 2.73. The quantitative estimate of drug-likeness (QED) is 0.826. The van der Waals surface area contributed by atoms with Gasteiger partial charge in [-0.2, -0.15) is 0 Å². The smallest absolute Gasteiger partial charge is 0.0197 e. The van der Waals surface area contributed by atoms with Crippen LogP contribution in [0.2, 0.25) is 0 Å². The van der Waals surface area contributed by atoms with Crippen molar-refractivity contribution in [3.63, 3.8) is 0 Å². The Balaban J connectivity index is 1.74. The Labute approximate surface area is 114 Å². The van der Waals surface area contributed by atoms with Crippen molar-refractivity contribution in [2.45, 2.75) is 71.4 Å². The van der Waals surface area contributed by atoms with Gasteiger partial charge in [0.05, 0.1) is 0 Å². The molecule has 0 aromatic rings. The standard InChI is InChI=1S/C16H32N2/c1-13(2)17-16-8-5-9-18(12-16)11-15-7-4-6-14(3)10-15/h13-17H,4-12H2,1-3H3. The third-order valence-corrected chi connectivity index (χ3v) is 4.64. The van der Waals surface area contributed by atoms with Crippen molar-refractivity contribution >= 4 is 0 Å². The lowest BCUT2D eigenvalue weighted by atomic mass is 9.82. The number of nitrogens with one attached hydrogen (secondary N) is 1. The summed E-state index contributed by atoms with van der Waals surface area (Å²) in [5, 5.41) is 3.72. The van der Waals surface area contributed by atoms with Crippen molar-refractivity contribution < 1.29 is 0 Å². The summed E-state index contributed by atoms with van der Waals surface area (Å²) < 4.78 is 0. The first-order chi connectivity index (χ1) is 8.63. The summed E-state index contributed by atoms with van der Waals surface area (Å²) in [5.41, 5.74) is 0. The molecule has 1 aliphatic heterocycles. The van der Waals surface area contributed by atoms with Gasteiger partial charge in [0.15, 0.2) is 0 Å². The van der Waals surface area contributed by atoms with Gasteiger partial charge in [0.25, 0.3) is 0 Å². The summed E-state index contributed by atoms with van der Waals surface area (Å²) in [6.45, 7) is 10.9. The molecule has 1 saturated carbocycles. The maximum atomic E-state index is 3.72. The summed E-state index contributed by atoms with van der Waals surface area (Å²) in [6.07, 6.45) is 8.63. The van der Waals surface area contributed by atoms with Crippen LogP contribution in [-0.2, 0) is 0 Å². The molecular formula is C16H32N2. The molecule has 0 bridgehead atoms. The van der Waals surface area contributed by atoms with Crippen LogP contribution in [0.5, 0.6) is 0 Å². The van der Waals surface area contributed by atoms with Crippen LogP contribution in [0.25, 0.3) is 0 Å². The van der Waals surface area contributed by atoms with Gasteiger partial charge < -0.3 is 10.2 Å². The third-order valence-electron chi connectivity index (χ3n) is 4.64. The first kappa shape index (κ1) is 14.3. The molecule has 1 heterocycles. The van der Waals surface area contributed by atoms with Gasteiger partial charge in [0.2, 0.25) is 0 Å². The molecule has 2 aliphatic rings. The van der Waals surface area contributed by atoms with Gasteiger partial charge in [-0.15, -0.1) is 0 Å². The fourth-order valence-corrected chi connectivity index (χ4v) is 3.92. The zero-order chi connectivity index (χ0) is 13.0. The zero-order valence-electron chi connectivity index (χ0n) is 12.6. The molecule has 3 unspecified atom stereocenters. The monoisotopic (exact) mass is 252 g/mol. The Morgan fingerprint density at radius 3 is 2.72 bits per heavy atom. The van der Waals surface area contributed by atoms with E-state index in [0.29, 0.717) is 6.04 Å². The van der Waals surface area contributed by atoms with Crippen LogP contribution in [0.1, 0.15) is 59.3 Å². The van der Waals surface area contributed by atoms with Crippen LogP contribution in [0.4, 0.5) is 0 Å². The molecule has 18 heavy (non-hydrogen) atoms. The van der Waals surface area contributed by atoms with Crippen molar-refractivity contribution in [2.24, 2.45) is 11.8 Å². The molecular weight excluding hydrogens is 220 g/mol. The van der Waals surface area contributed by atoms with E-state index in [2.05, 4.69) is 31.0 Å². The Morgan fingerprint density at radius 1 is 1.17 bits per heavy atom. The topological polar surface area (TPSA) is 15.3 Å². The van der Waals surface area contributed by atoms with E-state index < -0.39 is 0 Å². The molecule has 2 fully saturated rings. The number of hydrogen-bond donors (Lipinski definition) is 1. The van der Waals surface area contributed by atoms with E-state index in [0.717, 1.165) is 17.9 Å². The van der Waals surface area contributed by atoms with Crippen LogP contribution in [0.3, 0.4) is 0 Å². The Bertz CT molecular complexity index is 239. The SMILES string of the molecule is CC1CCCC(CN2CCCC(NC(C)C)C2)C1. The first-order valence-corrected chi connectivity index (χ1v) is 8.12. The molecule has 0 amide bonds. The van der Waals surface area contributed by atoms with Crippen molar-refractivity contribution in [3.05, 3.63) is 0 Å². The van der Waals surface area contributed by atoms with Gasteiger partial charge in [0, 0.05) is 25.2 Å². The highest BCUT2D eigenvalue weighted by Gasteiger charge is 2.25. The average Bonchev–Trinajstić information content (AvgIpc) is 2.28. The van der Waals surface area contributed by atoms with Crippen LogP contribution in [-0.4, -0.2) is 36.6 Å². The fraction of sp³-hybridized carbons (Fsp3) is 1.00. The lowest BCUT2D eigenvalue weighted by Crippen LogP contribution is -2.49. The number of nitrogens with zero attached hydrogens (tertiary/aromatic N) is 1. The lowest BCUT2D eigenvalue weighted by Gasteiger charge is -2.38. The van der Waals surface area contributed by atoms with E-state index in [1.54, 1.807) is 0 Å². The van der Waals surface area contributed by atoms with Crippen LogP contribution in [0, 0.1) is 11.8 Å². The first-order valence-electron chi connectivity index (χ1n) is 8.12. The average molecular weight is 252 g/mol. The predicted octanol–water partition coefficient (Wildman–Crippen LogP) is 3.28. The van der Waals surface area contributed by atoms with Crippen molar-refractivity contribution in [2.75, 3.05) is 19.6 Å². The van der Waals surface area contributed by atoms with Crippen LogP contribution in [0.15, 0.2) is 0 Å². The number of hydrogen-bond acceptors (Lipinski definition) is 2. The van der Waals surface area contributed by atoms with E-state index in [9.17, 15) is 0 Å². The fourth-order valence-electron chi connectivity index (χ4n) is 3.92. The van der Waals surface area contributed by atoms with Gasteiger partial charge >= 0.3 is 0 Å². The Kier molecular flexibility index (Phi) is 5.50. The summed E-state index contributed by atoms with van der Waals surface area (Å²) in [7, 11) is 0. The maximum absolute atomic E-state index is 3.72. The highest BCUT2D eigenvalue weighted by atomic mass is 15.2. The summed E-state index contributed by atoms with van der Waals surface area (Å²) >= 11 is 0. The van der Waals surface area contributed by atoms with E-state index >= 15 is 0 Å². The molecule has 2 rings (SSSR count). The number of rotatable bonds is 4. The molecule has 2 nitrogen and oxygen atoms in total. The second-order valence-electron chi connectivity index (χ2n) is 7.06. The molecule has 2 heteroatoms. The molecule has 1 N–H and O–H groups in total. The van der Waals surface area contributed by atoms with Gasteiger partial charge in [-0.1, -0.05) is 33.6 Å². The second kappa shape index (κ2) is 6.91. The van der Waals surface area contributed by atoms with Crippen molar-refractivity contribution in [3.8, 4) is 0 Å². The van der Waals surface area contributed by atoms with E-state index in [1.807, 2.05) is 0 Å². The van der Waals surface area contributed by atoms with Crippen LogP contribution < -0.4 is 5.32 Å². The molecule has 0 aromatic heterocycles. The normalized spacial score (nSPS) is 35.0. The molecule has 1 saturated heterocycles. The Hall–Kier alpha value is -0.0800. The van der Waals surface area contributed by atoms with Gasteiger partial charge in [-0.25, -0.2) is 0 Å². The molecule has 106 valence electrons. The van der Waals surface area contributed by atoms with Gasteiger partial charge in [-0.3, -0.25) is 0 Å². The van der Waals surface area contributed by atoms with E-state index in [1.165, 1.54) is 58.2 Å². The highest BCUT2D eigenvalue weighted by molar-refractivity contribution is 4.82. The minimum absolute atomic E-state index is 0.629. The molecule has 3 atom stereocenters. The Morgan fingerprint density at radius 2 is 2.00 bits per heavy atom. The van der Waals surface area contributed by atoms with Crippen LogP contribution >= 0.6 is 0 Å². The molecule has 0 spiro atoms. The number of likely N-dealkylation sites (tertiary alicyclic amines) is 1. The largest absolute Gasteiger partial charge is 0.311 e. The van der Waals surface area contributed by atoms with E-state index in [-0.39, 0.29) is 0 Å². The zero-order valence-corrected chi connectivity index (χ0v) is 12.6. The molecule has 0 radical (unpaired) electrons. The lowest BCUT2D eigenvalue weighted by molar-refractivity contribution is 0.136. The van der Waals surface area contributed by atoms with Gasteiger partial charge in [0.1, 0.15) is 0 Å². The molecule has 1 aliphatic carbocycles. The van der Waals surface area contributed by atoms with Gasteiger partial charge in [-0.05, 0) is 44.1 Å². The number of piperidine rings is 1. The summed E-state index contributed by atoms with van der Waals surface area (Å²) in [6, 6.07) is 1.37. The second-order valence-corrected chi connectivity index (χ2v) is 7.06. The predicted molar refractivity (Wildman–Crippen MR) is 78.9 cm³/mol. The van der Waals surface area contributed by atoms with E-state index in [4.69, 9.17) is 0 Å². The molecule has 0 aromatic carbocycles. The highest BCUT2D eigenvalue weighted by Crippen LogP contribution is 2.29. The minimum atomic E-state index is 0.629. The van der Waals surface area contributed by atoms with Crippen molar-refractivity contribution in [1.82, 2.24) is 10.2 Å².